The van der Waals surface area contributed by atoms with E-state index in [0.29, 0.717) is 6.54 Å². The minimum Gasteiger partial charge on any atom is -0.394 e. The topological polar surface area (TPSA) is 132 Å². The highest BCUT2D eigenvalue weighted by molar-refractivity contribution is 5.81. The van der Waals surface area contributed by atoms with Crippen molar-refractivity contribution in [1.29, 1.82) is 5.41 Å². The zero-order valence-electron chi connectivity index (χ0n) is 23.7. The average molecular weight is 512 g/mol. The van der Waals surface area contributed by atoms with Gasteiger partial charge >= 0.3 is 0 Å². The molecule has 0 radical (unpaired) electrons. The molecule has 0 aliphatic carbocycles. The van der Waals surface area contributed by atoms with Crippen molar-refractivity contribution in [2.24, 2.45) is 16.5 Å². The molecule has 0 bridgehead atoms. The SMILES string of the molecule is CCN=C(N)CCCCCCCN(CCCCCCCC(=N)CCCCCCCCN)CC(O)CO. The van der Waals surface area contributed by atoms with Gasteiger partial charge in [0.05, 0.1) is 18.5 Å². The lowest BCUT2D eigenvalue weighted by atomic mass is 10.0. The second-order valence-electron chi connectivity index (χ2n) is 10.4. The third-order valence-electron chi connectivity index (χ3n) is 6.83. The molecule has 214 valence electrons. The highest BCUT2D eigenvalue weighted by atomic mass is 16.3. The van der Waals surface area contributed by atoms with Crippen molar-refractivity contribution in [1.82, 2.24) is 4.90 Å². The summed E-state index contributed by atoms with van der Waals surface area (Å²) in [5.74, 6) is 0.778. The molecule has 0 spiro atoms. The van der Waals surface area contributed by atoms with Crippen molar-refractivity contribution in [2.45, 2.75) is 135 Å². The van der Waals surface area contributed by atoms with E-state index < -0.39 is 6.10 Å². The van der Waals surface area contributed by atoms with E-state index in [9.17, 15) is 10.2 Å². The molecule has 0 aromatic heterocycles. The van der Waals surface area contributed by atoms with Gasteiger partial charge in [-0.3, -0.25) is 4.99 Å². The summed E-state index contributed by atoms with van der Waals surface area (Å²) in [6.07, 6.45) is 21.3. The van der Waals surface area contributed by atoms with E-state index in [4.69, 9.17) is 16.9 Å². The van der Waals surface area contributed by atoms with Gasteiger partial charge in [-0.2, -0.15) is 0 Å². The van der Waals surface area contributed by atoms with Crippen molar-refractivity contribution >= 4 is 11.5 Å². The zero-order valence-corrected chi connectivity index (χ0v) is 23.7. The Morgan fingerprint density at radius 2 is 1.19 bits per heavy atom. The lowest BCUT2D eigenvalue weighted by molar-refractivity contribution is 0.0579. The summed E-state index contributed by atoms with van der Waals surface area (Å²) in [4.78, 5) is 6.55. The normalized spacial score (nSPS) is 13.0. The Bertz CT molecular complexity index is 516. The Balaban J connectivity index is 3.78. The number of nitrogens with two attached hydrogens (primary N) is 2. The molecule has 0 saturated heterocycles. The van der Waals surface area contributed by atoms with Crippen LogP contribution >= 0.6 is 0 Å². The number of amidine groups is 1. The van der Waals surface area contributed by atoms with E-state index in [1.807, 2.05) is 6.92 Å². The number of unbranched alkanes of at least 4 members (excludes halogenated alkanes) is 13. The summed E-state index contributed by atoms with van der Waals surface area (Å²) >= 11 is 0. The van der Waals surface area contributed by atoms with Crippen molar-refractivity contribution in [3.63, 3.8) is 0 Å². The van der Waals surface area contributed by atoms with Gasteiger partial charge in [-0.05, 0) is 77.9 Å². The molecule has 36 heavy (non-hydrogen) atoms. The van der Waals surface area contributed by atoms with Crippen LogP contribution in [0.3, 0.4) is 0 Å². The van der Waals surface area contributed by atoms with E-state index >= 15 is 0 Å². The average Bonchev–Trinajstić information content (AvgIpc) is 2.86. The molecule has 0 rings (SSSR count). The lowest BCUT2D eigenvalue weighted by Crippen LogP contribution is -2.35. The fourth-order valence-electron chi connectivity index (χ4n) is 4.62. The molecule has 0 aliphatic rings. The van der Waals surface area contributed by atoms with Crippen LogP contribution in [0.15, 0.2) is 4.99 Å². The first-order valence-electron chi connectivity index (χ1n) is 15.1. The highest BCUT2D eigenvalue weighted by Crippen LogP contribution is 2.12. The molecule has 0 fully saturated rings. The standard InChI is InChI=1S/C29H61N5O2/c1-2-33-29(32)21-15-9-6-12-18-24-34(25-28(36)26-35)23-17-11-5-8-14-20-27(31)19-13-7-3-4-10-16-22-30/h28,31,35-36H,2-26,30H2,1H3,(H2,32,33). The van der Waals surface area contributed by atoms with Gasteiger partial charge < -0.3 is 32.0 Å². The van der Waals surface area contributed by atoms with Crippen LogP contribution in [0.1, 0.15) is 129 Å². The monoisotopic (exact) mass is 511 g/mol. The third-order valence-corrected chi connectivity index (χ3v) is 6.83. The van der Waals surface area contributed by atoms with E-state index in [1.165, 1.54) is 70.6 Å². The molecule has 1 unspecified atom stereocenters. The molecule has 0 aromatic rings. The predicted octanol–water partition coefficient (Wildman–Crippen LogP) is 5.41. The Labute approximate surface area is 223 Å². The maximum Gasteiger partial charge on any atom is 0.0936 e. The quantitative estimate of drug-likeness (QED) is 0.0544. The molecule has 7 nitrogen and oxygen atoms in total. The number of hydrogen-bond donors (Lipinski definition) is 5. The van der Waals surface area contributed by atoms with Crippen LogP contribution in [-0.2, 0) is 0 Å². The van der Waals surface area contributed by atoms with Gasteiger partial charge in [0, 0.05) is 25.2 Å². The molecule has 0 saturated carbocycles. The fourth-order valence-corrected chi connectivity index (χ4v) is 4.62. The van der Waals surface area contributed by atoms with E-state index in [1.54, 1.807) is 0 Å². The second-order valence-corrected chi connectivity index (χ2v) is 10.4. The van der Waals surface area contributed by atoms with Crippen LogP contribution in [0.2, 0.25) is 0 Å². The summed E-state index contributed by atoms with van der Waals surface area (Å²) in [5.41, 5.74) is 12.3. The Morgan fingerprint density at radius 3 is 1.67 bits per heavy atom. The number of rotatable bonds is 28. The smallest absolute Gasteiger partial charge is 0.0936 e. The molecule has 0 amide bonds. The summed E-state index contributed by atoms with van der Waals surface area (Å²) in [6, 6.07) is 0. The number of aliphatic hydroxyl groups excluding tert-OH is 2. The van der Waals surface area contributed by atoms with Crippen molar-refractivity contribution in [3.05, 3.63) is 0 Å². The maximum absolute atomic E-state index is 9.91. The molecule has 7 heteroatoms. The number of nitrogens with zero attached hydrogens (tertiary/aromatic N) is 2. The highest BCUT2D eigenvalue weighted by Gasteiger charge is 2.10. The largest absolute Gasteiger partial charge is 0.394 e. The molecular formula is C29H61N5O2. The van der Waals surface area contributed by atoms with Crippen LogP contribution in [0.5, 0.6) is 0 Å². The second kappa shape index (κ2) is 27.0. The molecule has 0 aliphatic heterocycles. The van der Waals surface area contributed by atoms with E-state index in [0.717, 1.165) is 89.1 Å². The van der Waals surface area contributed by atoms with E-state index in [-0.39, 0.29) is 6.61 Å². The van der Waals surface area contributed by atoms with Crippen LogP contribution in [0.4, 0.5) is 0 Å². The van der Waals surface area contributed by atoms with Crippen molar-refractivity contribution in [2.75, 3.05) is 39.3 Å². The van der Waals surface area contributed by atoms with Gasteiger partial charge in [0.25, 0.3) is 0 Å². The first-order chi connectivity index (χ1) is 17.5. The molecular weight excluding hydrogens is 450 g/mol. The lowest BCUT2D eigenvalue weighted by Gasteiger charge is -2.24. The zero-order chi connectivity index (χ0) is 26.7. The van der Waals surface area contributed by atoms with Crippen LogP contribution in [0.25, 0.3) is 0 Å². The predicted molar refractivity (Wildman–Crippen MR) is 156 cm³/mol. The van der Waals surface area contributed by atoms with Crippen LogP contribution in [-0.4, -0.2) is 72.1 Å². The van der Waals surface area contributed by atoms with Gasteiger partial charge in [0.1, 0.15) is 0 Å². The summed E-state index contributed by atoms with van der Waals surface area (Å²) in [5, 5.41) is 27.3. The van der Waals surface area contributed by atoms with Gasteiger partial charge in [-0.15, -0.1) is 0 Å². The minimum absolute atomic E-state index is 0.169. The summed E-state index contributed by atoms with van der Waals surface area (Å²) in [6.45, 7) is 5.95. The third kappa shape index (κ3) is 24.7. The summed E-state index contributed by atoms with van der Waals surface area (Å²) in [7, 11) is 0. The molecule has 7 N–H and O–H groups in total. The summed E-state index contributed by atoms with van der Waals surface area (Å²) < 4.78 is 0. The Kier molecular flexibility index (Phi) is 26.3. The number of aliphatic imine (C=N–C) groups is 1. The fraction of sp³-hybridized carbons (Fsp3) is 0.931. The molecule has 1 atom stereocenters. The maximum atomic E-state index is 9.91. The van der Waals surface area contributed by atoms with E-state index in [2.05, 4.69) is 9.89 Å². The molecule has 0 aromatic carbocycles. The minimum atomic E-state index is -0.650. The van der Waals surface area contributed by atoms with Gasteiger partial charge in [0.2, 0.25) is 0 Å². The van der Waals surface area contributed by atoms with Gasteiger partial charge in [-0.1, -0.05) is 64.2 Å². The van der Waals surface area contributed by atoms with Crippen molar-refractivity contribution in [3.8, 4) is 0 Å². The number of nitrogens with one attached hydrogen (secondary N) is 1. The first kappa shape index (κ1) is 35.0. The van der Waals surface area contributed by atoms with Crippen LogP contribution in [0, 0.1) is 5.41 Å². The molecule has 0 heterocycles. The van der Waals surface area contributed by atoms with Crippen LogP contribution < -0.4 is 11.5 Å². The van der Waals surface area contributed by atoms with Crippen molar-refractivity contribution < 1.29 is 10.2 Å². The van der Waals surface area contributed by atoms with Gasteiger partial charge in [-0.25, -0.2) is 0 Å². The Morgan fingerprint density at radius 1 is 0.750 bits per heavy atom. The Hall–Kier alpha value is -1.02. The van der Waals surface area contributed by atoms with Gasteiger partial charge in [0.15, 0.2) is 0 Å². The first-order valence-corrected chi connectivity index (χ1v) is 15.1. The number of hydrogen-bond acceptors (Lipinski definition) is 6. The number of aliphatic hydroxyl groups is 2.